The van der Waals surface area contributed by atoms with Crippen molar-refractivity contribution in [2.45, 2.75) is 6.04 Å². The molecule has 112 valence electrons. The van der Waals surface area contributed by atoms with E-state index in [0.717, 1.165) is 20.1 Å². The third kappa shape index (κ3) is 3.54. The van der Waals surface area contributed by atoms with E-state index in [-0.39, 0.29) is 6.04 Å². The van der Waals surface area contributed by atoms with Gasteiger partial charge in [0.15, 0.2) is 11.5 Å². The summed E-state index contributed by atoms with van der Waals surface area (Å²) in [5.41, 5.74) is 8.07. The zero-order chi connectivity index (χ0) is 15.6. The van der Waals surface area contributed by atoms with Crippen LogP contribution in [0.3, 0.4) is 0 Å². The van der Waals surface area contributed by atoms with Crippen LogP contribution >= 0.6 is 43.5 Å². The maximum absolute atomic E-state index is 6.36. The Bertz CT molecular complexity index is 664. The van der Waals surface area contributed by atoms with E-state index in [1.807, 2.05) is 30.3 Å². The first-order valence-electron chi connectivity index (χ1n) is 6.10. The van der Waals surface area contributed by atoms with Gasteiger partial charge in [-0.3, -0.25) is 0 Å². The van der Waals surface area contributed by atoms with E-state index in [1.54, 1.807) is 14.2 Å². The maximum atomic E-state index is 6.36. The first kappa shape index (κ1) is 16.6. The Morgan fingerprint density at radius 1 is 1.00 bits per heavy atom. The number of ether oxygens (including phenoxy) is 2. The normalized spacial score (nSPS) is 12.1. The molecule has 6 heteroatoms. The molecule has 0 saturated carbocycles. The van der Waals surface area contributed by atoms with E-state index in [2.05, 4.69) is 31.9 Å². The minimum absolute atomic E-state index is 0.375. The molecule has 0 aromatic heterocycles. The van der Waals surface area contributed by atoms with Gasteiger partial charge in [-0.15, -0.1) is 0 Å². The third-order valence-electron chi connectivity index (χ3n) is 3.14. The molecular formula is C15H14Br2ClNO2. The van der Waals surface area contributed by atoms with Crippen LogP contribution in [-0.4, -0.2) is 14.2 Å². The Hall–Kier alpha value is -0.750. The van der Waals surface area contributed by atoms with E-state index in [9.17, 15) is 0 Å². The molecule has 0 amide bonds. The van der Waals surface area contributed by atoms with Crippen molar-refractivity contribution >= 4 is 43.5 Å². The Morgan fingerprint density at radius 3 is 2.19 bits per heavy atom. The lowest BCUT2D eigenvalue weighted by Crippen LogP contribution is -2.13. The molecule has 0 radical (unpaired) electrons. The van der Waals surface area contributed by atoms with Gasteiger partial charge in [0.1, 0.15) is 0 Å². The Morgan fingerprint density at radius 2 is 1.62 bits per heavy atom. The zero-order valence-electron chi connectivity index (χ0n) is 11.5. The Labute approximate surface area is 145 Å². The average Bonchev–Trinajstić information content (AvgIpc) is 2.46. The predicted octanol–water partition coefficient (Wildman–Crippen LogP) is 4.93. The second-order valence-corrected chi connectivity index (χ2v) is 6.55. The van der Waals surface area contributed by atoms with Gasteiger partial charge in [-0.25, -0.2) is 0 Å². The molecule has 0 aliphatic rings. The van der Waals surface area contributed by atoms with Crippen molar-refractivity contribution in [1.29, 1.82) is 0 Å². The van der Waals surface area contributed by atoms with Crippen LogP contribution in [0.4, 0.5) is 0 Å². The quantitative estimate of drug-likeness (QED) is 0.741. The molecule has 0 fully saturated rings. The Balaban J connectivity index is 2.50. The van der Waals surface area contributed by atoms with Gasteiger partial charge >= 0.3 is 0 Å². The minimum atomic E-state index is -0.375. The number of halogens is 3. The van der Waals surface area contributed by atoms with Gasteiger partial charge in [0.25, 0.3) is 0 Å². The second kappa shape index (κ2) is 7.01. The fraction of sp³-hybridized carbons (Fsp3) is 0.200. The van der Waals surface area contributed by atoms with Crippen molar-refractivity contribution in [3.8, 4) is 11.5 Å². The van der Waals surface area contributed by atoms with Gasteiger partial charge < -0.3 is 15.2 Å². The van der Waals surface area contributed by atoms with Crippen molar-refractivity contribution in [1.82, 2.24) is 0 Å². The Kier molecular flexibility index (Phi) is 5.54. The third-order valence-corrected chi connectivity index (χ3v) is 4.64. The number of methoxy groups -OCH3 is 2. The average molecular weight is 436 g/mol. The fourth-order valence-corrected chi connectivity index (χ4v) is 3.39. The highest BCUT2D eigenvalue weighted by Crippen LogP contribution is 2.38. The van der Waals surface area contributed by atoms with Gasteiger partial charge in [-0.05, 0) is 35.4 Å². The molecule has 2 rings (SSSR count). The molecule has 2 aromatic rings. The van der Waals surface area contributed by atoms with Crippen molar-refractivity contribution in [2.75, 3.05) is 14.2 Å². The summed E-state index contributed by atoms with van der Waals surface area (Å²) in [5, 5.41) is 0.610. The van der Waals surface area contributed by atoms with E-state index in [4.69, 9.17) is 26.8 Å². The molecule has 2 aromatic carbocycles. The number of hydrogen-bond donors (Lipinski definition) is 1. The first-order valence-corrected chi connectivity index (χ1v) is 8.06. The lowest BCUT2D eigenvalue weighted by atomic mass is 9.99. The van der Waals surface area contributed by atoms with Crippen molar-refractivity contribution < 1.29 is 9.47 Å². The van der Waals surface area contributed by atoms with Crippen LogP contribution in [0.5, 0.6) is 11.5 Å². The van der Waals surface area contributed by atoms with E-state index >= 15 is 0 Å². The lowest BCUT2D eigenvalue weighted by Gasteiger charge is -2.18. The molecule has 2 N–H and O–H groups in total. The molecule has 0 spiro atoms. The summed E-state index contributed by atoms with van der Waals surface area (Å²) in [6.45, 7) is 0. The number of nitrogens with two attached hydrogens (primary N) is 1. The minimum Gasteiger partial charge on any atom is -0.493 e. The topological polar surface area (TPSA) is 44.5 Å². The highest BCUT2D eigenvalue weighted by Gasteiger charge is 2.18. The molecule has 1 atom stereocenters. The van der Waals surface area contributed by atoms with Gasteiger partial charge in [0, 0.05) is 14.0 Å². The highest BCUT2D eigenvalue weighted by atomic mass is 79.9. The molecule has 0 bridgehead atoms. The SMILES string of the molecule is COc1cc(Br)c(C(N)c2ccc(Br)cc2Cl)cc1OC. The van der Waals surface area contributed by atoms with Gasteiger partial charge in [-0.1, -0.05) is 49.5 Å². The van der Waals surface area contributed by atoms with Crippen LogP contribution in [0, 0.1) is 0 Å². The van der Waals surface area contributed by atoms with E-state index < -0.39 is 0 Å². The standard InChI is InChI=1S/C15H14Br2ClNO2/c1-20-13-6-10(11(17)7-14(13)21-2)15(19)9-4-3-8(16)5-12(9)18/h3-7,15H,19H2,1-2H3. The summed E-state index contributed by atoms with van der Waals surface area (Å²) in [6, 6.07) is 8.95. The number of hydrogen-bond acceptors (Lipinski definition) is 3. The summed E-state index contributed by atoms with van der Waals surface area (Å²) in [4.78, 5) is 0. The largest absolute Gasteiger partial charge is 0.493 e. The molecule has 0 heterocycles. The smallest absolute Gasteiger partial charge is 0.161 e. The molecule has 0 saturated heterocycles. The summed E-state index contributed by atoms with van der Waals surface area (Å²) in [7, 11) is 3.18. The molecule has 3 nitrogen and oxygen atoms in total. The van der Waals surface area contributed by atoms with Crippen LogP contribution in [0.2, 0.25) is 5.02 Å². The molecular weight excluding hydrogens is 421 g/mol. The predicted molar refractivity (Wildman–Crippen MR) is 92.4 cm³/mol. The lowest BCUT2D eigenvalue weighted by molar-refractivity contribution is 0.354. The molecule has 1 unspecified atom stereocenters. The molecule has 0 aliphatic heterocycles. The second-order valence-electron chi connectivity index (χ2n) is 4.37. The van der Waals surface area contributed by atoms with Gasteiger partial charge in [0.2, 0.25) is 0 Å². The van der Waals surface area contributed by atoms with E-state index in [0.29, 0.717) is 16.5 Å². The van der Waals surface area contributed by atoms with Crippen molar-refractivity contribution in [2.24, 2.45) is 5.73 Å². The van der Waals surface area contributed by atoms with Crippen LogP contribution in [-0.2, 0) is 0 Å². The molecule has 21 heavy (non-hydrogen) atoms. The molecule has 0 aliphatic carbocycles. The van der Waals surface area contributed by atoms with Gasteiger partial charge in [0.05, 0.1) is 20.3 Å². The summed E-state index contributed by atoms with van der Waals surface area (Å²) in [6.07, 6.45) is 0. The number of benzene rings is 2. The summed E-state index contributed by atoms with van der Waals surface area (Å²) in [5.74, 6) is 1.27. The van der Waals surface area contributed by atoms with Crippen LogP contribution in [0.25, 0.3) is 0 Å². The van der Waals surface area contributed by atoms with Crippen molar-refractivity contribution in [3.63, 3.8) is 0 Å². The first-order chi connectivity index (χ1) is 9.97. The van der Waals surface area contributed by atoms with Gasteiger partial charge in [-0.2, -0.15) is 0 Å². The summed E-state index contributed by atoms with van der Waals surface area (Å²) < 4.78 is 12.3. The van der Waals surface area contributed by atoms with Crippen LogP contribution in [0.1, 0.15) is 17.2 Å². The fourth-order valence-electron chi connectivity index (χ4n) is 2.03. The zero-order valence-corrected chi connectivity index (χ0v) is 15.4. The highest BCUT2D eigenvalue weighted by molar-refractivity contribution is 9.10. The van der Waals surface area contributed by atoms with E-state index in [1.165, 1.54) is 0 Å². The van der Waals surface area contributed by atoms with Crippen molar-refractivity contribution in [3.05, 3.63) is 55.4 Å². The maximum Gasteiger partial charge on any atom is 0.161 e. The van der Waals surface area contributed by atoms with Crippen LogP contribution in [0.15, 0.2) is 39.3 Å². The number of rotatable bonds is 4. The summed E-state index contributed by atoms with van der Waals surface area (Å²) >= 11 is 13.2. The monoisotopic (exact) mass is 433 g/mol. The van der Waals surface area contributed by atoms with Crippen LogP contribution < -0.4 is 15.2 Å².